The number of oxazole rings is 1. The van der Waals surface area contributed by atoms with Crippen LogP contribution in [0.2, 0.25) is 0 Å². The average molecular weight is 265 g/mol. The summed E-state index contributed by atoms with van der Waals surface area (Å²) >= 11 is 0. The van der Waals surface area contributed by atoms with Gasteiger partial charge in [0.1, 0.15) is 12.0 Å². The Hall–Kier alpha value is -2.75. The van der Waals surface area contributed by atoms with E-state index in [4.69, 9.17) is 10.2 Å². The Morgan fingerprint density at radius 2 is 1.70 bits per heavy atom. The van der Waals surface area contributed by atoms with Crippen molar-refractivity contribution in [2.24, 2.45) is 0 Å². The van der Waals surface area contributed by atoms with E-state index in [0.717, 1.165) is 22.6 Å². The van der Waals surface area contributed by atoms with E-state index < -0.39 is 0 Å². The quantitative estimate of drug-likeness (QED) is 0.734. The maximum absolute atomic E-state index is 5.68. The van der Waals surface area contributed by atoms with E-state index in [1.165, 1.54) is 0 Å². The van der Waals surface area contributed by atoms with Crippen LogP contribution in [0.15, 0.2) is 65.3 Å². The Morgan fingerprint density at radius 3 is 2.40 bits per heavy atom. The highest BCUT2D eigenvalue weighted by atomic mass is 16.4. The first kappa shape index (κ1) is 12.3. The molecule has 0 aliphatic carbocycles. The van der Waals surface area contributed by atoms with Crippen LogP contribution >= 0.6 is 0 Å². The molecular formula is C16H15N3O. The molecule has 1 heterocycles. The van der Waals surface area contributed by atoms with E-state index in [1.54, 1.807) is 6.26 Å². The Kier molecular flexibility index (Phi) is 3.13. The number of benzene rings is 2. The molecule has 0 aliphatic rings. The largest absolute Gasteiger partial charge is 0.431 e. The Labute approximate surface area is 117 Å². The van der Waals surface area contributed by atoms with Gasteiger partial charge in [-0.25, -0.2) is 0 Å². The minimum Gasteiger partial charge on any atom is -0.431 e. The molecule has 4 heteroatoms. The van der Waals surface area contributed by atoms with Gasteiger partial charge >= 0.3 is 6.01 Å². The third-order valence-electron chi connectivity index (χ3n) is 3.13. The van der Waals surface area contributed by atoms with Gasteiger partial charge < -0.3 is 10.2 Å². The molecule has 20 heavy (non-hydrogen) atoms. The fourth-order valence-corrected chi connectivity index (χ4v) is 1.97. The summed E-state index contributed by atoms with van der Waals surface area (Å²) in [7, 11) is 1.92. The summed E-state index contributed by atoms with van der Waals surface area (Å²) in [6.45, 7) is 0. The van der Waals surface area contributed by atoms with Gasteiger partial charge in [-0.15, -0.1) is 0 Å². The summed E-state index contributed by atoms with van der Waals surface area (Å²) in [6, 6.07) is 18.1. The topological polar surface area (TPSA) is 55.3 Å². The molecule has 3 rings (SSSR count). The summed E-state index contributed by atoms with van der Waals surface area (Å²) in [5.41, 5.74) is 9.22. The van der Waals surface area contributed by atoms with E-state index in [1.807, 2.05) is 66.5 Å². The van der Waals surface area contributed by atoms with E-state index in [-0.39, 0.29) is 0 Å². The van der Waals surface area contributed by atoms with Crippen LogP contribution in [0.4, 0.5) is 17.4 Å². The van der Waals surface area contributed by atoms with Crippen molar-refractivity contribution in [1.29, 1.82) is 0 Å². The SMILES string of the molecule is CN(c1ccccc1)c1nc(-c2ccc(N)cc2)co1. The number of nitrogens with two attached hydrogens (primary N) is 1. The van der Waals surface area contributed by atoms with Gasteiger partial charge in [0.25, 0.3) is 0 Å². The number of anilines is 3. The van der Waals surface area contributed by atoms with Gasteiger partial charge in [-0.3, -0.25) is 4.90 Å². The van der Waals surface area contributed by atoms with Crippen molar-refractivity contribution in [3.63, 3.8) is 0 Å². The van der Waals surface area contributed by atoms with Crippen LogP contribution in [0.25, 0.3) is 11.3 Å². The van der Waals surface area contributed by atoms with Crippen molar-refractivity contribution in [1.82, 2.24) is 4.98 Å². The van der Waals surface area contributed by atoms with Crippen molar-refractivity contribution >= 4 is 17.4 Å². The summed E-state index contributed by atoms with van der Waals surface area (Å²) in [6.07, 6.45) is 1.65. The van der Waals surface area contributed by atoms with Crippen molar-refractivity contribution < 1.29 is 4.42 Å². The first-order valence-electron chi connectivity index (χ1n) is 6.34. The average Bonchev–Trinajstić information content (AvgIpc) is 2.98. The molecule has 0 aliphatic heterocycles. The highest BCUT2D eigenvalue weighted by Crippen LogP contribution is 2.26. The van der Waals surface area contributed by atoms with Gasteiger partial charge in [0.2, 0.25) is 0 Å². The van der Waals surface area contributed by atoms with E-state index >= 15 is 0 Å². The summed E-state index contributed by atoms with van der Waals surface area (Å²) < 4.78 is 5.55. The van der Waals surface area contributed by atoms with E-state index in [0.29, 0.717) is 6.01 Å². The second-order valence-electron chi connectivity index (χ2n) is 4.53. The Balaban J connectivity index is 1.89. The maximum atomic E-state index is 5.68. The predicted octanol–water partition coefficient (Wildman–Crippen LogP) is 3.69. The first-order chi connectivity index (χ1) is 9.74. The molecule has 4 nitrogen and oxygen atoms in total. The van der Waals surface area contributed by atoms with Crippen LogP contribution in [0.3, 0.4) is 0 Å². The number of nitrogen functional groups attached to an aromatic ring is 1. The molecule has 0 amide bonds. The molecule has 2 aromatic carbocycles. The van der Waals surface area contributed by atoms with Crippen LogP contribution in [-0.2, 0) is 0 Å². The molecule has 0 saturated heterocycles. The molecule has 0 unspecified atom stereocenters. The van der Waals surface area contributed by atoms with Gasteiger partial charge in [-0.2, -0.15) is 4.98 Å². The number of nitrogens with zero attached hydrogens (tertiary/aromatic N) is 2. The minimum absolute atomic E-state index is 0.558. The van der Waals surface area contributed by atoms with Gasteiger partial charge in [0.15, 0.2) is 0 Å². The standard InChI is InChI=1S/C16H15N3O/c1-19(14-5-3-2-4-6-14)16-18-15(11-20-16)12-7-9-13(17)10-8-12/h2-11H,17H2,1H3. The molecule has 0 saturated carbocycles. The highest BCUT2D eigenvalue weighted by molar-refractivity contribution is 5.64. The van der Waals surface area contributed by atoms with Crippen molar-refractivity contribution in [3.05, 3.63) is 60.9 Å². The fraction of sp³-hybridized carbons (Fsp3) is 0.0625. The van der Waals surface area contributed by atoms with Crippen molar-refractivity contribution in [2.75, 3.05) is 17.7 Å². The lowest BCUT2D eigenvalue weighted by Gasteiger charge is -2.13. The van der Waals surface area contributed by atoms with Crippen LogP contribution in [0.1, 0.15) is 0 Å². The second-order valence-corrected chi connectivity index (χ2v) is 4.53. The molecule has 2 N–H and O–H groups in total. The zero-order valence-electron chi connectivity index (χ0n) is 11.2. The van der Waals surface area contributed by atoms with Gasteiger partial charge in [0, 0.05) is 24.0 Å². The van der Waals surface area contributed by atoms with Crippen LogP contribution in [0.5, 0.6) is 0 Å². The smallest absolute Gasteiger partial charge is 0.302 e. The second kappa shape index (κ2) is 5.09. The molecule has 3 aromatic rings. The molecule has 100 valence electrons. The van der Waals surface area contributed by atoms with Crippen LogP contribution in [-0.4, -0.2) is 12.0 Å². The van der Waals surface area contributed by atoms with Crippen molar-refractivity contribution in [3.8, 4) is 11.3 Å². The monoisotopic (exact) mass is 265 g/mol. The molecule has 0 bridgehead atoms. The summed E-state index contributed by atoms with van der Waals surface area (Å²) in [5.74, 6) is 0. The number of para-hydroxylation sites is 1. The van der Waals surface area contributed by atoms with E-state index in [9.17, 15) is 0 Å². The zero-order chi connectivity index (χ0) is 13.9. The third-order valence-corrected chi connectivity index (χ3v) is 3.13. The highest BCUT2D eigenvalue weighted by Gasteiger charge is 2.11. The Morgan fingerprint density at radius 1 is 1.00 bits per heavy atom. The number of aromatic nitrogens is 1. The minimum atomic E-state index is 0.558. The number of rotatable bonds is 3. The Bertz CT molecular complexity index is 689. The van der Waals surface area contributed by atoms with Gasteiger partial charge in [-0.05, 0) is 24.3 Å². The van der Waals surface area contributed by atoms with Crippen LogP contribution in [0, 0.1) is 0 Å². The molecule has 0 fully saturated rings. The summed E-state index contributed by atoms with van der Waals surface area (Å²) in [4.78, 5) is 6.41. The third kappa shape index (κ3) is 2.36. The molecule has 0 radical (unpaired) electrons. The van der Waals surface area contributed by atoms with Crippen LogP contribution < -0.4 is 10.6 Å². The zero-order valence-corrected chi connectivity index (χ0v) is 11.2. The predicted molar refractivity (Wildman–Crippen MR) is 80.9 cm³/mol. The van der Waals surface area contributed by atoms with E-state index in [2.05, 4.69) is 4.98 Å². The lowest BCUT2D eigenvalue weighted by Crippen LogP contribution is -2.09. The maximum Gasteiger partial charge on any atom is 0.302 e. The van der Waals surface area contributed by atoms with Gasteiger partial charge in [0.05, 0.1) is 0 Å². The molecule has 1 aromatic heterocycles. The first-order valence-corrected chi connectivity index (χ1v) is 6.34. The molecule has 0 atom stereocenters. The fourth-order valence-electron chi connectivity index (χ4n) is 1.97. The van der Waals surface area contributed by atoms with Gasteiger partial charge in [-0.1, -0.05) is 30.3 Å². The normalized spacial score (nSPS) is 10.4. The number of hydrogen-bond donors (Lipinski definition) is 1. The van der Waals surface area contributed by atoms with Crippen molar-refractivity contribution in [2.45, 2.75) is 0 Å². The lowest BCUT2D eigenvalue weighted by atomic mass is 10.1. The lowest BCUT2D eigenvalue weighted by molar-refractivity contribution is 0.561. The number of hydrogen-bond acceptors (Lipinski definition) is 4. The molecule has 0 spiro atoms. The summed E-state index contributed by atoms with van der Waals surface area (Å²) in [5, 5.41) is 0. The molecular weight excluding hydrogens is 250 g/mol.